The lowest BCUT2D eigenvalue weighted by Gasteiger charge is -2.28. The number of carbonyl (C=O) groups excluding carboxylic acids is 2. The third kappa shape index (κ3) is 7.10. The number of carboxylic acid groups (broad SMARTS) is 1. The molecule has 0 spiro atoms. The zero-order valence-corrected chi connectivity index (χ0v) is 20.7. The number of alkyl halides is 3. The van der Waals surface area contributed by atoms with Crippen LogP contribution in [0.3, 0.4) is 0 Å². The van der Waals surface area contributed by atoms with Gasteiger partial charge in [-0.25, -0.2) is 4.79 Å². The minimum Gasteiger partial charge on any atom is -0.475 e. The number of rotatable bonds is 6. The van der Waals surface area contributed by atoms with Gasteiger partial charge in [0.2, 0.25) is 0 Å². The zero-order valence-electron chi connectivity index (χ0n) is 20.7. The number of benzene rings is 2. The molecule has 5 rings (SSSR count). The lowest BCUT2D eigenvalue weighted by Crippen LogP contribution is -2.36. The van der Waals surface area contributed by atoms with Crippen molar-refractivity contribution in [2.24, 2.45) is 0 Å². The molecule has 2 aromatic carbocycles. The molecule has 1 fully saturated rings. The Morgan fingerprint density at radius 3 is 2.33 bits per heavy atom. The maximum absolute atomic E-state index is 12.8. The number of nitrogens with one attached hydrogen (secondary N) is 4. The Morgan fingerprint density at radius 2 is 1.70 bits per heavy atom. The fraction of sp³-hybridized carbons (Fsp3) is 0.250. The van der Waals surface area contributed by atoms with Gasteiger partial charge >= 0.3 is 12.1 Å². The molecule has 3 heterocycles. The third-order valence-corrected chi connectivity index (χ3v) is 5.70. The van der Waals surface area contributed by atoms with E-state index in [2.05, 4.69) is 41.1 Å². The quantitative estimate of drug-likeness (QED) is 0.237. The summed E-state index contributed by atoms with van der Waals surface area (Å²) >= 11 is 0. The molecule has 0 saturated carbocycles. The first-order valence-corrected chi connectivity index (χ1v) is 11.8. The summed E-state index contributed by atoms with van der Waals surface area (Å²) in [6.07, 6.45) is -3.47. The van der Waals surface area contributed by atoms with E-state index in [1.807, 2.05) is 12.1 Å². The molecular formula is C24H23F3N8O5. The number of morpholine rings is 1. The molecule has 5 N–H and O–H groups in total. The van der Waals surface area contributed by atoms with E-state index in [-0.39, 0.29) is 18.4 Å². The van der Waals surface area contributed by atoms with Gasteiger partial charge in [-0.3, -0.25) is 19.8 Å². The number of carbonyl (C=O) groups is 3. The Kier molecular flexibility index (Phi) is 8.58. The lowest BCUT2D eigenvalue weighted by molar-refractivity contribution is -0.192. The number of aliphatic carboxylic acids is 1. The minimum absolute atomic E-state index is 0.253. The van der Waals surface area contributed by atoms with E-state index < -0.39 is 12.1 Å². The van der Waals surface area contributed by atoms with Crippen LogP contribution in [0.5, 0.6) is 0 Å². The molecule has 2 amide bonds. The van der Waals surface area contributed by atoms with Crippen LogP contribution < -0.4 is 15.5 Å². The first-order valence-electron chi connectivity index (χ1n) is 11.8. The fourth-order valence-electron chi connectivity index (χ4n) is 3.66. The van der Waals surface area contributed by atoms with Gasteiger partial charge < -0.3 is 25.4 Å². The second-order valence-electron chi connectivity index (χ2n) is 8.38. The van der Waals surface area contributed by atoms with Gasteiger partial charge in [0.05, 0.1) is 25.3 Å². The monoisotopic (exact) mass is 560 g/mol. The van der Waals surface area contributed by atoms with E-state index in [0.29, 0.717) is 46.8 Å². The van der Waals surface area contributed by atoms with Gasteiger partial charge in [0, 0.05) is 41.5 Å². The lowest BCUT2D eigenvalue weighted by atomic mass is 10.1. The maximum atomic E-state index is 12.8. The number of nitrogens with zero attached hydrogens (tertiary/aromatic N) is 4. The van der Waals surface area contributed by atoms with Gasteiger partial charge in [-0.2, -0.15) is 18.3 Å². The number of hydrogen-bond donors (Lipinski definition) is 5. The number of halogens is 3. The fourth-order valence-corrected chi connectivity index (χ4v) is 3.66. The molecule has 2 aromatic heterocycles. The smallest absolute Gasteiger partial charge is 0.475 e. The van der Waals surface area contributed by atoms with Crippen LogP contribution >= 0.6 is 0 Å². The van der Waals surface area contributed by atoms with Crippen LogP contribution in [-0.4, -0.2) is 81.0 Å². The van der Waals surface area contributed by atoms with Crippen LogP contribution in [-0.2, 0) is 16.1 Å². The highest BCUT2D eigenvalue weighted by atomic mass is 19.4. The molecule has 13 nitrogen and oxygen atoms in total. The molecule has 210 valence electrons. The van der Waals surface area contributed by atoms with Crippen molar-refractivity contribution < 1.29 is 37.4 Å². The number of aromatic nitrogens is 5. The number of ether oxygens (including phenoxy) is 1. The Bertz CT molecular complexity index is 1470. The molecule has 40 heavy (non-hydrogen) atoms. The van der Waals surface area contributed by atoms with E-state index in [1.165, 1.54) is 0 Å². The van der Waals surface area contributed by atoms with Crippen molar-refractivity contribution in [2.45, 2.75) is 12.7 Å². The summed E-state index contributed by atoms with van der Waals surface area (Å²) in [7, 11) is 0. The molecule has 0 radical (unpaired) electrons. The summed E-state index contributed by atoms with van der Waals surface area (Å²) < 4.78 is 37.1. The van der Waals surface area contributed by atoms with E-state index >= 15 is 0 Å². The van der Waals surface area contributed by atoms with E-state index in [9.17, 15) is 22.8 Å². The number of aromatic amines is 2. The Morgan fingerprint density at radius 1 is 1.02 bits per heavy atom. The number of H-pyrrole nitrogens is 2. The Labute approximate surface area is 223 Å². The average molecular weight is 560 g/mol. The van der Waals surface area contributed by atoms with Crippen LogP contribution in [0.2, 0.25) is 0 Å². The van der Waals surface area contributed by atoms with Gasteiger partial charge in [0.1, 0.15) is 5.69 Å². The summed E-state index contributed by atoms with van der Waals surface area (Å²) in [6.45, 7) is 3.32. The van der Waals surface area contributed by atoms with Crippen molar-refractivity contribution in [1.29, 1.82) is 0 Å². The second-order valence-corrected chi connectivity index (χ2v) is 8.38. The molecule has 1 saturated heterocycles. The molecule has 0 atom stereocenters. The topological polar surface area (TPSA) is 178 Å². The molecule has 1 aliphatic rings. The highest BCUT2D eigenvalue weighted by Gasteiger charge is 2.38. The summed E-state index contributed by atoms with van der Waals surface area (Å²) in [4.78, 5) is 36.4. The average Bonchev–Trinajstić information content (AvgIpc) is 3.62. The number of fused-ring (bicyclic) bond motifs is 1. The number of anilines is 2. The van der Waals surface area contributed by atoms with E-state index in [0.717, 1.165) is 18.8 Å². The first-order chi connectivity index (χ1) is 19.1. The van der Waals surface area contributed by atoms with E-state index in [4.69, 9.17) is 14.6 Å². The SMILES string of the molecule is O=C(NCc1c[nH]nn1)c1ccc2[nH]nc(NC(=O)c3ccc(N4CCOCC4)cc3)c2c1.O=C(O)C(F)(F)F. The van der Waals surface area contributed by atoms with Crippen molar-refractivity contribution in [3.05, 3.63) is 65.5 Å². The minimum atomic E-state index is -5.08. The molecule has 16 heteroatoms. The van der Waals surface area contributed by atoms with Gasteiger partial charge in [-0.05, 0) is 42.5 Å². The predicted molar refractivity (Wildman–Crippen MR) is 135 cm³/mol. The summed E-state index contributed by atoms with van der Waals surface area (Å²) in [5, 5.41) is 30.5. The zero-order chi connectivity index (χ0) is 28.7. The Balaban J connectivity index is 0.000000470. The maximum Gasteiger partial charge on any atom is 0.490 e. The predicted octanol–water partition coefficient (Wildman–Crippen LogP) is 2.33. The molecule has 0 unspecified atom stereocenters. The highest BCUT2D eigenvalue weighted by molar-refractivity contribution is 6.09. The van der Waals surface area contributed by atoms with Crippen LogP contribution in [0.4, 0.5) is 24.7 Å². The van der Waals surface area contributed by atoms with Crippen LogP contribution in [0, 0.1) is 0 Å². The third-order valence-electron chi connectivity index (χ3n) is 5.70. The molecule has 1 aliphatic heterocycles. The number of hydrogen-bond acceptors (Lipinski definition) is 8. The molecule has 0 aliphatic carbocycles. The summed E-state index contributed by atoms with van der Waals surface area (Å²) in [6, 6.07) is 12.6. The van der Waals surface area contributed by atoms with E-state index in [1.54, 1.807) is 36.5 Å². The van der Waals surface area contributed by atoms with Gasteiger partial charge in [0.25, 0.3) is 11.8 Å². The first kappa shape index (κ1) is 28.0. The number of carboxylic acids is 1. The highest BCUT2D eigenvalue weighted by Crippen LogP contribution is 2.23. The summed E-state index contributed by atoms with van der Waals surface area (Å²) in [5.74, 6) is -2.94. The van der Waals surface area contributed by atoms with Crippen LogP contribution in [0.15, 0.2) is 48.7 Å². The van der Waals surface area contributed by atoms with Crippen molar-refractivity contribution in [3.63, 3.8) is 0 Å². The standard InChI is InChI=1S/C22H22N8O3.C2HF3O2/c31-21(23-12-16-13-24-29-26-16)15-3-6-19-18(11-15)20(28-27-19)25-22(32)14-1-4-17(5-2-14)30-7-9-33-10-8-30;3-2(4,5)1(6)7/h1-6,11,13H,7-10,12H2,(H,23,31)(H,24,26,29)(H2,25,27,28,32);(H,6,7). The largest absolute Gasteiger partial charge is 0.490 e. The Hall–Kier alpha value is -4.99. The van der Waals surface area contributed by atoms with Gasteiger partial charge in [-0.1, -0.05) is 5.21 Å². The van der Waals surface area contributed by atoms with Crippen molar-refractivity contribution in [2.75, 3.05) is 36.5 Å². The summed E-state index contributed by atoms with van der Waals surface area (Å²) in [5.41, 5.74) is 3.35. The van der Waals surface area contributed by atoms with Crippen LogP contribution in [0.25, 0.3) is 10.9 Å². The van der Waals surface area contributed by atoms with Crippen molar-refractivity contribution in [1.82, 2.24) is 30.9 Å². The van der Waals surface area contributed by atoms with Crippen LogP contribution in [0.1, 0.15) is 26.4 Å². The molecule has 4 aromatic rings. The van der Waals surface area contributed by atoms with Crippen molar-refractivity contribution >= 4 is 40.2 Å². The molecular weight excluding hydrogens is 537 g/mol. The van der Waals surface area contributed by atoms with Gasteiger partial charge in [0.15, 0.2) is 5.82 Å². The van der Waals surface area contributed by atoms with Crippen molar-refractivity contribution in [3.8, 4) is 0 Å². The number of amides is 2. The van der Waals surface area contributed by atoms with Gasteiger partial charge in [-0.15, -0.1) is 5.10 Å². The molecule has 0 bridgehead atoms. The second kappa shape index (κ2) is 12.2. The normalized spacial score (nSPS) is 13.3.